The van der Waals surface area contributed by atoms with Crippen molar-refractivity contribution in [1.82, 2.24) is 10.2 Å². The molecule has 0 amide bonds. The van der Waals surface area contributed by atoms with Gasteiger partial charge < -0.3 is 10.2 Å². The van der Waals surface area contributed by atoms with Crippen LogP contribution >= 0.6 is 11.3 Å². The van der Waals surface area contributed by atoms with Gasteiger partial charge in [-0.1, -0.05) is 19.3 Å². The Bertz CT molecular complexity index is 355. The average molecular weight is 280 g/mol. The van der Waals surface area contributed by atoms with Crippen LogP contribution in [-0.4, -0.2) is 31.6 Å². The Morgan fingerprint density at radius 2 is 2.05 bits per heavy atom. The van der Waals surface area contributed by atoms with Gasteiger partial charge in [-0.2, -0.15) is 0 Å². The fraction of sp³-hybridized carbons (Fsp3) is 0.750. The normalized spacial score (nSPS) is 17.2. The Hall–Kier alpha value is -0.380. The van der Waals surface area contributed by atoms with Gasteiger partial charge in [-0.15, -0.1) is 11.3 Å². The highest BCUT2D eigenvalue weighted by Gasteiger charge is 2.14. The van der Waals surface area contributed by atoms with Crippen molar-refractivity contribution in [2.45, 2.75) is 45.6 Å². The van der Waals surface area contributed by atoms with Crippen molar-refractivity contribution >= 4 is 11.3 Å². The van der Waals surface area contributed by atoms with Crippen LogP contribution in [0.25, 0.3) is 0 Å². The fourth-order valence-corrected chi connectivity index (χ4v) is 3.82. The zero-order chi connectivity index (χ0) is 13.5. The lowest BCUT2D eigenvalue weighted by atomic mass is 9.89. The second-order valence-electron chi connectivity index (χ2n) is 5.96. The number of likely N-dealkylation sites (N-methyl/N-ethyl adjacent to an activating group) is 1. The molecule has 1 aromatic rings. The third kappa shape index (κ3) is 5.64. The van der Waals surface area contributed by atoms with Crippen molar-refractivity contribution < 1.29 is 0 Å². The maximum atomic E-state index is 3.55. The third-order valence-corrected chi connectivity index (χ3v) is 5.06. The van der Waals surface area contributed by atoms with Crippen LogP contribution in [0.3, 0.4) is 0 Å². The molecule has 2 rings (SSSR count). The second-order valence-corrected chi connectivity index (χ2v) is 7.33. The fourth-order valence-electron chi connectivity index (χ4n) is 2.96. The first-order valence-electron chi connectivity index (χ1n) is 7.68. The van der Waals surface area contributed by atoms with Gasteiger partial charge >= 0.3 is 0 Å². The Labute approximate surface area is 122 Å². The van der Waals surface area contributed by atoms with Crippen LogP contribution < -0.4 is 5.32 Å². The van der Waals surface area contributed by atoms with Gasteiger partial charge in [-0.05, 0) is 44.9 Å². The lowest BCUT2D eigenvalue weighted by Crippen LogP contribution is -2.33. The van der Waals surface area contributed by atoms with Crippen LogP contribution in [0.2, 0.25) is 0 Å². The predicted molar refractivity (Wildman–Crippen MR) is 84.8 cm³/mol. The summed E-state index contributed by atoms with van der Waals surface area (Å²) in [7, 11) is 2.27. The van der Waals surface area contributed by atoms with Crippen LogP contribution in [0.15, 0.2) is 12.1 Å². The Kier molecular flexibility index (Phi) is 6.35. The second kappa shape index (κ2) is 8.03. The van der Waals surface area contributed by atoms with E-state index >= 15 is 0 Å². The van der Waals surface area contributed by atoms with Gasteiger partial charge in [0.2, 0.25) is 0 Å². The van der Waals surface area contributed by atoms with E-state index in [0.29, 0.717) is 0 Å². The number of hydrogen-bond acceptors (Lipinski definition) is 3. The molecule has 1 aliphatic carbocycles. The maximum absolute atomic E-state index is 3.55. The van der Waals surface area contributed by atoms with E-state index < -0.39 is 0 Å². The average Bonchev–Trinajstić information content (AvgIpc) is 2.82. The van der Waals surface area contributed by atoms with E-state index in [4.69, 9.17) is 0 Å². The van der Waals surface area contributed by atoms with Gasteiger partial charge in [0.25, 0.3) is 0 Å². The van der Waals surface area contributed by atoms with E-state index in [-0.39, 0.29) is 0 Å². The van der Waals surface area contributed by atoms with Crippen LogP contribution in [-0.2, 0) is 6.54 Å². The largest absolute Gasteiger partial charge is 0.311 e. The van der Waals surface area contributed by atoms with Crippen molar-refractivity contribution in [3.8, 4) is 0 Å². The molecule has 1 heterocycles. The van der Waals surface area contributed by atoms with Crippen molar-refractivity contribution in [2.24, 2.45) is 5.92 Å². The molecule has 19 heavy (non-hydrogen) atoms. The van der Waals surface area contributed by atoms with Gasteiger partial charge in [0.05, 0.1) is 0 Å². The van der Waals surface area contributed by atoms with E-state index in [0.717, 1.165) is 19.0 Å². The lowest BCUT2D eigenvalue weighted by molar-refractivity contribution is 0.233. The van der Waals surface area contributed by atoms with E-state index in [1.54, 1.807) is 0 Å². The summed E-state index contributed by atoms with van der Waals surface area (Å²) in [6.07, 6.45) is 7.27. The summed E-state index contributed by atoms with van der Waals surface area (Å²) in [4.78, 5) is 5.36. The predicted octanol–water partition coefficient (Wildman–Crippen LogP) is 3.66. The lowest BCUT2D eigenvalue weighted by Gasteiger charge is -2.27. The highest BCUT2D eigenvalue weighted by atomic mass is 32.1. The van der Waals surface area contributed by atoms with Crippen molar-refractivity contribution in [3.63, 3.8) is 0 Å². The number of nitrogens with one attached hydrogen (secondary N) is 1. The summed E-state index contributed by atoms with van der Waals surface area (Å²) in [6, 6.07) is 4.44. The molecule has 0 radical (unpaired) electrons. The molecule has 1 aromatic heterocycles. The number of aryl methyl sites for hydroxylation is 1. The molecule has 0 unspecified atom stereocenters. The van der Waals surface area contributed by atoms with Crippen molar-refractivity contribution in [1.29, 1.82) is 0 Å². The minimum atomic E-state index is 0.957. The zero-order valence-electron chi connectivity index (χ0n) is 12.5. The molecule has 0 aliphatic heterocycles. The standard InChI is InChI=1S/C16H28N2S/c1-14-8-9-16(19-14)12-17-10-11-18(2)13-15-6-4-3-5-7-15/h8-9,15,17H,3-7,10-13H2,1-2H3. The quantitative estimate of drug-likeness (QED) is 0.767. The first-order valence-corrected chi connectivity index (χ1v) is 8.50. The summed E-state index contributed by atoms with van der Waals surface area (Å²) < 4.78 is 0. The van der Waals surface area contributed by atoms with Crippen molar-refractivity contribution in [2.75, 3.05) is 26.7 Å². The number of hydrogen-bond donors (Lipinski definition) is 1. The summed E-state index contributed by atoms with van der Waals surface area (Å²) >= 11 is 1.90. The first-order chi connectivity index (χ1) is 9.24. The van der Waals surface area contributed by atoms with Crippen LogP contribution in [0.4, 0.5) is 0 Å². The van der Waals surface area contributed by atoms with Crippen LogP contribution in [0.1, 0.15) is 41.9 Å². The molecular weight excluding hydrogens is 252 g/mol. The van der Waals surface area contributed by atoms with E-state index in [1.807, 2.05) is 11.3 Å². The highest BCUT2D eigenvalue weighted by Crippen LogP contribution is 2.23. The topological polar surface area (TPSA) is 15.3 Å². The Morgan fingerprint density at radius 3 is 2.74 bits per heavy atom. The third-order valence-electron chi connectivity index (χ3n) is 4.06. The molecule has 1 aliphatic rings. The first kappa shape index (κ1) is 15.0. The van der Waals surface area contributed by atoms with Gasteiger partial charge in [0, 0.05) is 35.9 Å². The molecular formula is C16H28N2S. The number of nitrogens with zero attached hydrogens (tertiary/aromatic N) is 1. The van der Waals surface area contributed by atoms with Gasteiger partial charge in [0.1, 0.15) is 0 Å². The van der Waals surface area contributed by atoms with Crippen LogP contribution in [0, 0.1) is 12.8 Å². The molecule has 0 atom stereocenters. The molecule has 1 fully saturated rings. The highest BCUT2D eigenvalue weighted by molar-refractivity contribution is 7.11. The van der Waals surface area contributed by atoms with Gasteiger partial charge in [-0.25, -0.2) is 0 Å². The molecule has 3 heteroatoms. The SMILES string of the molecule is Cc1ccc(CNCCN(C)CC2CCCCC2)s1. The smallest absolute Gasteiger partial charge is 0.0300 e. The summed E-state index contributed by atoms with van der Waals surface area (Å²) in [5.41, 5.74) is 0. The van der Waals surface area contributed by atoms with Gasteiger partial charge in [0.15, 0.2) is 0 Å². The van der Waals surface area contributed by atoms with E-state index in [2.05, 4.69) is 36.3 Å². The van der Waals surface area contributed by atoms with E-state index in [9.17, 15) is 0 Å². The Balaban J connectivity index is 1.54. The molecule has 1 saturated carbocycles. The van der Waals surface area contributed by atoms with Gasteiger partial charge in [-0.3, -0.25) is 0 Å². The maximum Gasteiger partial charge on any atom is 0.0300 e. The molecule has 0 saturated heterocycles. The Morgan fingerprint density at radius 1 is 1.26 bits per heavy atom. The summed E-state index contributed by atoms with van der Waals surface area (Å²) in [5, 5.41) is 3.55. The minimum Gasteiger partial charge on any atom is -0.311 e. The summed E-state index contributed by atoms with van der Waals surface area (Å²) in [6.45, 7) is 6.75. The summed E-state index contributed by atoms with van der Waals surface area (Å²) in [5.74, 6) is 0.957. The molecule has 108 valence electrons. The monoisotopic (exact) mass is 280 g/mol. The zero-order valence-corrected chi connectivity index (χ0v) is 13.3. The molecule has 0 bridgehead atoms. The van der Waals surface area contributed by atoms with E-state index in [1.165, 1.54) is 54.9 Å². The number of thiophene rings is 1. The van der Waals surface area contributed by atoms with Crippen LogP contribution in [0.5, 0.6) is 0 Å². The molecule has 0 aromatic carbocycles. The molecule has 0 spiro atoms. The molecule has 1 N–H and O–H groups in total. The minimum absolute atomic E-state index is 0.957. The number of rotatable bonds is 7. The molecule has 2 nitrogen and oxygen atoms in total. The van der Waals surface area contributed by atoms with Crippen molar-refractivity contribution in [3.05, 3.63) is 21.9 Å².